The highest BCUT2D eigenvalue weighted by atomic mass is 16.2. The number of aliphatic hydroxyl groups is 1. The zero-order chi connectivity index (χ0) is 13.0. The summed E-state index contributed by atoms with van der Waals surface area (Å²) in [5.41, 5.74) is 7.99. The zero-order valence-corrected chi connectivity index (χ0v) is 10.5. The molecular formula is C14H20N2O2. The Morgan fingerprint density at radius 2 is 2.06 bits per heavy atom. The van der Waals surface area contributed by atoms with Gasteiger partial charge < -0.3 is 10.8 Å². The van der Waals surface area contributed by atoms with E-state index in [2.05, 4.69) is 17.0 Å². The van der Waals surface area contributed by atoms with Crippen LogP contribution in [0.15, 0.2) is 24.3 Å². The molecule has 4 nitrogen and oxygen atoms in total. The van der Waals surface area contributed by atoms with Gasteiger partial charge in [0.25, 0.3) is 0 Å². The molecule has 0 aromatic heterocycles. The van der Waals surface area contributed by atoms with E-state index in [4.69, 9.17) is 10.8 Å². The van der Waals surface area contributed by atoms with Gasteiger partial charge in [0, 0.05) is 13.2 Å². The number of unbranched alkanes of at least 4 members (excludes halogenated alkanes) is 1. The topological polar surface area (TPSA) is 66.6 Å². The molecule has 0 aliphatic carbocycles. The molecule has 1 aromatic carbocycles. The van der Waals surface area contributed by atoms with Crippen LogP contribution >= 0.6 is 0 Å². The molecule has 0 spiro atoms. The van der Waals surface area contributed by atoms with Crippen LogP contribution in [-0.4, -0.2) is 35.1 Å². The third kappa shape index (κ3) is 2.89. The smallest absolute Gasteiger partial charge is 0.235 e. The molecule has 3 N–H and O–H groups in total. The molecule has 18 heavy (non-hydrogen) atoms. The Hall–Kier alpha value is -1.39. The van der Waals surface area contributed by atoms with Crippen molar-refractivity contribution >= 4 is 5.91 Å². The SMILES string of the molecule is NC(=O)[C@@H]1Cc2ccccc2CN1CCCCO. The molecular weight excluding hydrogens is 228 g/mol. The second-order valence-corrected chi connectivity index (χ2v) is 4.79. The highest BCUT2D eigenvalue weighted by Gasteiger charge is 2.29. The average Bonchev–Trinajstić information content (AvgIpc) is 2.38. The number of hydrogen-bond acceptors (Lipinski definition) is 3. The van der Waals surface area contributed by atoms with E-state index in [-0.39, 0.29) is 18.6 Å². The van der Waals surface area contributed by atoms with E-state index in [1.54, 1.807) is 0 Å². The molecule has 0 radical (unpaired) electrons. The number of fused-ring (bicyclic) bond motifs is 1. The van der Waals surface area contributed by atoms with Crippen LogP contribution in [0.4, 0.5) is 0 Å². The summed E-state index contributed by atoms with van der Waals surface area (Å²) in [4.78, 5) is 13.7. The summed E-state index contributed by atoms with van der Waals surface area (Å²) in [6, 6.07) is 7.98. The highest BCUT2D eigenvalue weighted by molar-refractivity contribution is 5.80. The molecule has 0 saturated heterocycles. The quantitative estimate of drug-likeness (QED) is 0.753. The van der Waals surface area contributed by atoms with Crippen LogP contribution in [0.5, 0.6) is 0 Å². The number of nitrogens with zero attached hydrogens (tertiary/aromatic N) is 1. The maximum absolute atomic E-state index is 11.5. The zero-order valence-electron chi connectivity index (χ0n) is 10.5. The van der Waals surface area contributed by atoms with Gasteiger partial charge in [-0.15, -0.1) is 0 Å². The minimum atomic E-state index is -0.256. The van der Waals surface area contributed by atoms with E-state index in [0.29, 0.717) is 6.42 Å². The summed E-state index contributed by atoms with van der Waals surface area (Å²) in [6.07, 6.45) is 2.36. The number of rotatable bonds is 5. The molecule has 0 fully saturated rings. The third-order valence-corrected chi connectivity index (χ3v) is 3.53. The monoisotopic (exact) mass is 248 g/mol. The number of carbonyl (C=O) groups excluding carboxylic acids is 1. The molecule has 0 saturated carbocycles. The van der Waals surface area contributed by atoms with Crippen molar-refractivity contribution in [3.05, 3.63) is 35.4 Å². The van der Waals surface area contributed by atoms with Gasteiger partial charge in [0.15, 0.2) is 0 Å². The molecule has 1 atom stereocenters. The number of carbonyl (C=O) groups is 1. The van der Waals surface area contributed by atoms with E-state index in [9.17, 15) is 4.79 Å². The number of hydrogen-bond donors (Lipinski definition) is 2. The first-order chi connectivity index (χ1) is 8.72. The molecule has 0 bridgehead atoms. The number of aliphatic hydroxyl groups excluding tert-OH is 1. The largest absolute Gasteiger partial charge is 0.396 e. The second kappa shape index (κ2) is 5.98. The first kappa shape index (κ1) is 13.1. The fourth-order valence-corrected chi connectivity index (χ4v) is 2.52. The van der Waals surface area contributed by atoms with Gasteiger partial charge >= 0.3 is 0 Å². The van der Waals surface area contributed by atoms with Crippen LogP contribution < -0.4 is 5.73 Å². The van der Waals surface area contributed by atoms with Crippen LogP contribution in [0.2, 0.25) is 0 Å². The fourth-order valence-electron chi connectivity index (χ4n) is 2.52. The highest BCUT2D eigenvalue weighted by Crippen LogP contribution is 2.23. The predicted molar refractivity (Wildman–Crippen MR) is 69.9 cm³/mol. The first-order valence-electron chi connectivity index (χ1n) is 6.43. The molecule has 1 aliphatic heterocycles. The van der Waals surface area contributed by atoms with E-state index in [1.165, 1.54) is 11.1 Å². The van der Waals surface area contributed by atoms with E-state index in [1.807, 2.05) is 12.1 Å². The Labute approximate surface area is 107 Å². The van der Waals surface area contributed by atoms with Crippen molar-refractivity contribution < 1.29 is 9.90 Å². The van der Waals surface area contributed by atoms with Crippen molar-refractivity contribution in [2.24, 2.45) is 5.73 Å². The second-order valence-electron chi connectivity index (χ2n) is 4.79. The minimum absolute atomic E-state index is 0.200. The lowest BCUT2D eigenvalue weighted by Crippen LogP contribution is -2.48. The van der Waals surface area contributed by atoms with Crippen molar-refractivity contribution in [3.8, 4) is 0 Å². The van der Waals surface area contributed by atoms with Gasteiger partial charge in [0.05, 0.1) is 6.04 Å². The summed E-state index contributed by atoms with van der Waals surface area (Å²) in [5.74, 6) is -0.256. The van der Waals surface area contributed by atoms with Crippen LogP contribution in [0.25, 0.3) is 0 Å². The maximum Gasteiger partial charge on any atom is 0.235 e. The average molecular weight is 248 g/mol. The number of primary amides is 1. The maximum atomic E-state index is 11.5. The molecule has 1 heterocycles. The summed E-state index contributed by atoms with van der Waals surface area (Å²) >= 11 is 0. The standard InChI is InChI=1S/C14H20N2O2/c15-14(18)13-9-11-5-1-2-6-12(11)10-16(13)7-3-4-8-17/h1-2,5-6,13,17H,3-4,7-10H2,(H2,15,18)/t13-/m0/s1. The minimum Gasteiger partial charge on any atom is -0.396 e. The van der Waals surface area contributed by atoms with Crippen LogP contribution in [0.3, 0.4) is 0 Å². The lowest BCUT2D eigenvalue weighted by Gasteiger charge is -2.35. The Balaban J connectivity index is 2.10. The molecule has 1 aliphatic rings. The van der Waals surface area contributed by atoms with Gasteiger partial charge in [-0.25, -0.2) is 0 Å². The number of benzene rings is 1. The number of amides is 1. The summed E-state index contributed by atoms with van der Waals surface area (Å²) in [6.45, 7) is 1.78. The molecule has 2 rings (SSSR count). The Morgan fingerprint density at radius 1 is 1.33 bits per heavy atom. The normalized spacial score (nSPS) is 19.5. The third-order valence-electron chi connectivity index (χ3n) is 3.53. The van der Waals surface area contributed by atoms with Crippen LogP contribution in [0.1, 0.15) is 24.0 Å². The van der Waals surface area contributed by atoms with Gasteiger partial charge in [-0.2, -0.15) is 0 Å². The molecule has 4 heteroatoms. The van der Waals surface area contributed by atoms with Gasteiger partial charge in [0.1, 0.15) is 0 Å². The lowest BCUT2D eigenvalue weighted by molar-refractivity contribution is -0.123. The molecule has 1 amide bonds. The van der Waals surface area contributed by atoms with Crippen molar-refractivity contribution in [3.63, 3.8) is 0 Å². The van der Waals surface area contributed by atoms with Gasteiger partial charge in [-0.05, 0) is 36.9 Å². The molecule has 1 aromatic rings. The predicted octanol–water partition coefficient (Wildman–Crippen LogP) is 0.671. The van der Waals surface area contributed by atoms with E-state index < -0.39 is 0 Å². The Kier molecular flexibility index (Phi) is 4.33. The Morgan fingerprint density at radius 3 is 2.72 bits per heavy atom. The van der Waals surface area contributed by atoms with Crippen molar-refractivity contribution in [1.82, 2.24) is 4.90 Å². The van der Waals surface area contributed by atoms with Crippen LogP contribution in [0, 0.1) is 0 Å². The molecule has 0 unspecified atom stereocenters. The summed E-state index contributed by atoms with van der Waals surface area (Å²) < 4.78 is 0. The van der Waals surface area contributed by atoms with Gasteiger partial charge in [0.2, 0.25) is 5.91 Å². The van der Waals surface area contributed by atoms with Gasteiger partial charge in [-0.1, -0.05) is 24.3 Å². The van der Waals surface area contributed by atoms with Crippen molar-refractivity contribution in [2.75, 3.05) is 13.2 Å². The first-order valence-corrected chi connectivity index (χ1v) is 6.43. The number of nitrogens with two attached hydrogens (primary N) is 1. The summed E-state index contributed by atoms with van der Waals surface area (Å²) in [7, 11) is 0. The Bertz CT molecular complexity index is 420. The fraction of sp³-hybridized carbons (Fsp3) is 0.500. The van der Waals surface area contributed by atoms with Crippen molar-refractivity contribution in [1.29, 1.82) is 0 Å². The molecule has 98 valence electrons. The van der Waals surface area contributed by atoms with Crippen LogP contribution in [-0.2, 0) is 17.8 Å². The van der Waals surface area contributed by atoms with E-state index >= 15 is 0 Å². The van der Waals surface area contributed by atoms with Gasteiger partial charge in [-0.3, -0.25) is 9.69 Å². The lowest BCUT2D eigenvalue weighted by atomic mass is 9.93. The van der Waals surface area contributed by atoms with Crippen molar-refractivity contribution in [2.45, 2.75) is 31.8 Å². The summed E-state index contributed by atoms with van der Waals surface area (Å²) in [5, 5.41) is 8.82. The van der Waals surface area contributed by atoms with E-state index in [0.717, 1.165) is 25.9 Å².